The van der Waals surface area contributed by atoms with Crippen molar-refractivity contribution in [2.75, 3.05) is 45.4 Å². The van der Waals surface area contributed by atoms with E-state index in [4.69, 9.17) is 19.2 Å². The molecule has 0 radical (unpaired) electrons. The molecule has 33 heavy (non-hydrogen) atoms. The van der Waals surface area contributed by atoms with Gasteiger partial charge in [-0.25, -0.2) is 4.98 Å². The van der Waals surface area contributed by atoms with Crippen LogP contribution in [-0.4, -0.2) is 51.4 Å². The Hall–Kier alpha value is -3.48. The van der Waals surface area contributed by atoms with Gasteiger partial charge in [0.05, 0.1) is 14.2 Å². The SMILES string of the molecule is COc1ccc(CCNC(=O)COc2cccc3ccc(N4CCCCC4)nc23)cc1OC. The second-order valence-corrected chi connectivity index (χ2v) is 8.12. The van der Waals surface area contributed by atoms with Crippen LogP contribution in [0.15, 0.2) is 48.5 Å². The van der Waals surface area contributed by atoms with Crippen molar-refractivity contribution < 1.29 is 19.0 Å². The van der Waals surface area contributed by atoms with E-state index in [0.717, 1.165) is 35.4 Å². The van der Waals surface area contributed by atoms with Crippen molar-refractivity contribution in [3.8, 4) is 17.2 Å². The van der Waals surface area contributed by atoms with Gasteiger partial charge in [0, 0.05) is 25.0 Å². The minimum atomic E-state index is -0.167. The first-order chi connectivity index (χ1) is 16.2. The molecule has 4 rings (SSSR count). The minimum Gasteiger partial charge on any atom is -0.493 e. The second kappa shape index (κ2) is 10.9. The molecule has 1 saturated heterocycles. The summed E-state index contributed by atoms with van der Waals surface area (Å²) in [6, 6.07) is 15.7. The third-order valence-corrected chi connectivity index (χ3v) is 5.89. The van der Waals surface area contributed by atoms with Crippen molar-refractivity contribution in [1.29, 1.82) is 0 Å². The van der Waals surface area contributed by atoms with Gasteiger partial charge in [0.25, 0.3) is 5.91 Å². The Kier molecular flexibility index (Phi) is 7.50. The number of fused-ring (bicyclic) bond motifs is 1. The lowest BCUT2D eigenvalue weighted by molar-refractivity contribution is -0.123. The van der Waals surface area contributed by atoms with Crippen LogP contribution in [0.1, 0.15) is 24.8 Å². The number of benzene rings is 2. The predicted octanol–water partition coefficient (Wildman–Crippen LogP) is 3.98. The molecular weight excluding hydrogens is 418 g/mol. The van der Waals surface area contributed by atoms with E-state index < -0.39 is 0 Å². The minimum absolute atomic E-state index is 0.0549. The number of piperidine rings is 1. The number of ether oxygens (including phenoxy) is 3. The fourth-order valence-electron chi connectivity index (χ4n) is 4.10. The first-order valence-corrected chi connectivity index (χ1v) is 11.4. The van der Waals surface area contributed by atoms with Gasteiger partial charge in [0.1, 0.15) is 17.1 Å². The van der Waals surface area contributed by atoms with Crippen LogP contribution >= 0.6 is 0 Å². The van der Waals surface area contributed by atoms with Gasteiger partial charge in [-0.2, -0.15) is 0 Å². The summed E-state index contributed by atoms with van der Waals surface area (Å²) < 4.78 is 16.5. The van der Waals surface area contributed by atoms with Crippen molar-refractivity contribution in [3.63, 3.8) is 0 Å². The van der Waals surface area contributed by atoms with Gasteiger partial charge < -0.3 is 24.4 Å². The normalized spacial score (nSPS) is 13.6. The van der Waals surface area contributed by atoms with E-state index in [9.17, 15) is 4.79 Å². The Balaban J connectivity index is 1.33. The van der Waals surface area contributed by atoms with Gasteiger partial charge in [-0.05, 0) is 61.6 Å². The molecule has 0 saturated carbocycles. The maximum absolute atomic E-state index is 12.4. The largest absolute Gasteiger partial charge is 0.493 e. The number of carbonyl (C=O) groups is 1. The number of rotatable bonds is 9. The number of para-hydroxylation sites is 1. The predicted molar refractivity (Wildman–Crippen MR) is 130 cm³/mol. The molecule has 1 aliphatic heterocycles. The quantitative estimate of drug-likeness (QED) is 0.533. The number of nitrogens with one attached hydrogen (secondary N) is 1. The van der Waals surface area contributed by atoms with E-state index >= 15 is 0 Å². The monoisotopic (exact) mass is 449 g/mol. The molecule has 1 amide bonds. The van der Waals surface area contributed by atoms with Crippen molar-refractivity contribution in [3.05, 3.63) is 54.1 Å². The van der Waals surface area contributed by atoms with E-state index in [1.165, 1.54) is 19.3 Å². The van der Waals surface area contributed by atoms with Gasteiger partial charge >= 0.3 is 0 Å². The zero-order chi connectivity index (χ0) is 23.0. The maximum atomic E-state index is 12.4. The zero-order valence-electron chi connectivity index (χ0n) is 19.3. The summed E-state index contributed by atoms with van der Waals surface area (Å²) in [6.07, 6.45) is 4.35. The van der Waals surface area contributed by atoms with Gasteiger partial charge in [0.15, 0.2) is 18.1 Å². The summed E-state index contributed by atoms with van der Waals surface area (Å²) in [5, 5.41) is 3.92. The van der Waals surface area contributed by atoms with Crippen molar-refractivity contribution >= 4 is 22.6 Å². The van der Waals surface area contributed by atoms with Crippen LogP contribution in [0, 0.1) is 0 Å². The van der Waals surface area contributed by atoms with Crippen LogP contribution in [0.3, 0.4) is 0 Å². The molecule has 2 heterocycles. The molecule has 1 aliphatic rings. The van der Waals surface area contributed by atoms with Gasteiger partial charge in [-0.3, -0.25) is 4.79 Å². The summed E-state index contributed by atoms with van der Waals surface area (Å²) in [4.78, 5) is 19.5. The second-order valence-electron chi connectivity index (χ2n) is 8.12. The lowest BCUT2D eigenvalue weighted by Gasteiger charge is -2.28. The number of hydrogen-bond acceptors (Lipinski definition) is 6. The molecule has 1 N–H and O–H groups in total. The van der Waals surface area contributed by atoms with Crippen LogP contribution in [0.2, 0.25) is 0 Å². The van der Waals surface area contributed by atoms with E-state index in [-0.39, 0.29) is 12.5 Å². The Morgan fingerprint density at radius 3 is 2.58 bits per heavy atom. The Morgan fingerprint density at radius 1 is 0.970 bits per heavy atom. The molecule has 0 atom stereocenters. The summed E-state index contributed by atoms with van der Waals surface area (Å²) in [6.45, 7) is 2.51. The van der Waals surface area contributed by atoms with Gasteiger partial charge in [-0.1, -0.05) is 18.2 Å². The van der Waals surface area contributed by atoms with Crippen LogP contribution in [0.5, 0.6) is 17.2 Å². The van der Waals surface area contributed by atoms with Crippen LogP contribution < -0.4 is 24.4 Å². The van der Waals surface area contributed by atoms with Crippen molar-refractivity contribution in [1.82, 2.24) is 10.3 Å². The number of anilines is 1. The summed E-state index contributed by atoms with van der Waals surface area (Å²) in [5.74, 6) is 2.79. The standard InChI is InChI=1S/C26H31N3O4/c1-31-21-11-9-19(17-23(21)32-2)13-14-27-25(30)18-33-22-8-6-7-20-10-12-24(28-26(20)22)29-15-4-3-5-16-29/h6-12,17H,3-5,13-16,18H2,1-2H3,(H,27,30). The maximum Gasteiger partial charge on any atom is 0.257 e. The average molecular weight is 450 g/mol. The molecule has 0 unspecified atom stereocenters. The molecular formula is C26H31N3O4. The van der Waals surface area contributed by atoms with Crippen LogP contribution in [-0.2, 0) is 11.2 Å². The van der Waals surface area contributed by atoms with E-state index in [1.54, 1.807) is 14.2 Å². The molecule has 0 bridgehead atoms. The smallest absolute Gasteiger partial charge is 0.257 e. The molecule has 1 aromatic heterocycles. The number of nitrogens with zero attached hydrogens (tertiary/aromatic N) is 2. The van der Waals surface area contributed by atoms with Crippen molar-refractivity contribution in [2.45, 2.75) is 25.7 Å². The molecule has 174 valence electrons. The lowest BCUT2D eigenvalue weighted by Crippen LogP contribution is -2.31. The first-order valence-electron chi connectivity index (χ1n) is 11.4. The highest BCUT2D eigenvalue weighted by Crippen LogP contribution is 2.28. The van der Waals surface area contributed by atoms with E-state index in [1.807, 2.05) is 36.4 Å². The van der Waals surface area contributed by atoms with Gasteiger partial charge in [0.2, 0.25) is 0 Å². The third-order valence-electron chi connectivity index (χ3n) is 5.89. The number of amides is 1. The molecule has 0 spiro atoms. The average Bonchev–Trinajstić information content (AvgIpc) is 2.87. The number of carbonyl (C=O) groups excluding carboxylic acids is 1. The fourth-order valence-corrected chi connectivity index (χ4v) is 4.10. The zero-order valence-corrected chi connectivity index (χ0v) is 19.3. The number of hydrogen-bond donors (Lipinski definition) is 1. The molecule has 7 heteroatoms. The molecule has 1 fully saturated rings. The van der Waals surface area contributed by atoms with Gasteiger partial charge in [-0.15, -0.1) is 0 Å². The van der Waals surface area contributed by atoms with Crippen LogP contribution in [0.4, 0.5) is 5.82 Å². The first kappa shape index (κ1) is 22.7. The summed E-state index contributed by atoms with van der Waals surface area (Å²) in [7, 11) is 3.22. The number of aromatic nitrogens is 1. The topological polar surface area (TPSA) is 72.9 Å². The Bertz CT molecular complexity index is 1100. The molecule has 7 nitrogen and oxygen atoms in total. The highest BCUT2D eigenvalue weighted by Gasteiger charge is 2.14. The van der Waals surface area contributed by atoms with E-state index in [2.05, 4.69) is 22.3 Å². The third kappa shape index (κ3) is 5.66. The Labute approximate surface area is 194 Å². The number of pyridine rings is 1. The van der Waals surface area contributed by atoms with Crippen molar-refractivity contribution in [2.24, 2.45) is 0 Å². The highest BCUT2D eigenvalue weighted by atomic mass is 16.5. The van der Waals surface area contributed by atoms with Crippen LogP contribution in [0.25, 0.3) is 10.9 Å². The number of methoxy groups -OCH3 is 2. The Morgan fingerprint density at radius 2 is 1.79 bits per heavy atom. The molecule has 3 aromatic rings. The van der Waals surface area contributed by atoms with E-state index in [0.29, 0.717) is 30.2 Å². The molecule has 2 aromatic carbocycles. The summed E-state index contributed by atoms with van der Waals surface area (Å²) >= 11 is 0. The highest BCUT2D eigenvalue weighted by molar-refractivity contribution is 5.86. The lowest BCUT2D eigenvalue weighted by atomic mass is 10.1. The fraction of sp³-hybridized carbons (Fsp3) is 0.385. The molecule has 0 aliphatic carbocycles. The summed E-state index contributed by atoms with van der Waals surface area (Å²) in [5.41, 5.74) is 1.84.